The fraction of sp³-hybridized carbons (Fsp3) is 0.263. The topological polar surface area (TPSA) is 54.9 Å². The van der Waals surface area contributed by atoms with Crippen molar-refractivity contribution in [2.75, 3.05) is 19.0 Å². The molecule has 0 bridgehead atoms. The zero-order valence-electron chi connectivity index (χ0n) is 14.7. The predicted molar refractivity (Wildman–Crippen MR) is 107 cm³/mol. The standard InChI is InChI=1S/C19H23N3O2S/c1-4-24-18-11-7-16(8-12-18)20-19(25)22-21-14(2)13-15-5-9-17(23-3)10-6-15/h5-12H,4,13H2,1-3H3,(H2,20,22,25)/b21-14+. The summed E-state index contributed by atoms with van der Waals surface area (Å²) >= 11 is 5.26. The summed E-state index contributed by atoms with van der Waals surface area (Å²) in [7, 11) is 1.66. The summed E-state index contributed by atoms with van der Waals surface area (Å²) in [6.07, 6.45) is 0.739. The minimum absolute atomic E-state index is 0.443. The molecule has 2 aromatic rings. The SMILES string of the molecule is CCOc1ccc(NC(=S)N/N=C(\C)Cc2ccc(OC)cc2)cc1. The molecule has 0 saturated carbocycles. The van der Waals surface area contributed by atoms with E-state index in [9.17, 15) is 0 Å². The van der Waals surface area contributed by atoms with Crippen LogP contribution in [0.15, 0.2) is 53.6 Å². The molecule has 0 aliphatic rings. The van der Waals surface area contributed by atoms with Crippen molar-refractivity contribution in [3.8, 4) is 11.5 Å². The number of ether oxygens (including phenoxy) is 2. The van der Waals surface area contributed by atoms with Gasteiger partial charge >= 0.3 is 0 Å². The Morgan fingerprint density at radius 1 is 1.04 bits per heavy atom. The number of hydrogen-bond acceptors (Lipinski definition) is 4. The highest BCUT2D eigenvalue weighted by Crippen LogP contribution is 2.15. The predicted octanol–water partition coefficient (Wildman–Crippen LogP) is 4.00. The van der Waals surface area contributed by atoms with Gasteiger partial charge in [-0.05, 0) is 68.0 Å². The second-order valence-corrected chi connectivity index (χ2v) is 5.80. The van der Waals surface area contributed by atoms with Crippen molar-refractivity contribution in [3.63, 3.8) is 0 Å². The quantitative estimate of drug-likeness (QED) is 0.446. The van der Waals surface area contributed by atoms with Crippen LogP contribution in [0, 0.1) is 0 Å². The first-order chi connectivity index (χ1) is 12.1. The Kier molecular flexibility index (Phi) is 7.22. The van der Waals surface area contributed by atoms with Gasteiger partial charge in [0.1, 0.15) is 11.5 Å². The smallest absolute Gasteiger partial charge is 0.191 e. The highest BCUT2D eigenvalue weighted by Gasteiger charge is 2.00. The summed E-state index contributed by atoms with van der Waals surface area (Å²) in [5.74, 6) is 1.68. The zero-order chi connectivity index (χ0) is 18.1. The summed E-state index contributed by atoms with van der Waals surface area (Å²) in [5.41, 5.74) is 5.84. The average Bonchev–Trinajstić information content (AvgIpc) is 2.62. The van der Waals surface area contributed by atoms with E-state index in [1.54, 1.807) is 7.11 Å². The van der Waals surface area contributed by atoms with Crippen LogP contribution in [0.4, 0.5) is 5.69 Å². The molecule has 132 valence electrons. The minimum atomic E-state index is 0.443. The number of methoxy groups -OCH3 is 1. The Morgan fingerprint density at radius 3 is 2.28 bits per heavy atom. The maximum Gasteiger partial charge on any atom is 0.191 e. The van der Waals surface area contributed by atoms with Gasteiger partial charge in [0.15, 0.2) is 5.11 Å². The van der Waals surface area contributed by atoms with Crippen LogP contribution in [0.5, 0.6) is 11.5 Å². The number of benzene rings is 2. The van der Waals surface area contributed by atoms with Crippen molar-refractivity contribution in [2.45, 2.75) is 20.3 Å². The van der Waals surface area contributed by atoms with E-state index in [2.05, 4.69) is 15.8 Å². The van der Waals surface area contributed by atoms with E-state index in [-0.39, 0.29) is 0 Å². The third-order valence-electron chi connectivity index (χ3n) is 3.39. The fourth-order valence-electron chi connectivity index (χ4n) is 2.18. The Morgan fingerprint density at radius 2 is 1.68 bits per heavy atom. The molecule has 0 saturated heterocycles. The average molecular weight is 357 g/mol. The number of nitrogens with zero attached hydrogens (tertiary/aromatic N) is 1. The summed E-state index contributed by atoms with van der Waals surface area (Å²) in [5, 5.41) is 7.84. The van der Waals surface area contributed by atoms with Crippen molar-refractivity contribution >= 4 is 28.7 Å². The Bertz CT molecular complexity index is 712. The number of nitrogens with one attached hydrogen (secondary N) is 2. The molecule has 5 nitrogen and oxygen atoms in total. The molecule has 0 unspecified atom stereocenters. The third-order valence-corrected chi connectivity index (χ3v) is 3.58. The summed E-state index contributed by atoms with van der Waals surface area (Å²) < 4.78 is 10.6. The molecule has 2 N–H and O–H groups in total. The molecule has 0 fully saturated rings. The lowest BCUT2D eigenvalue weighted by Crippen LogP contribution is -2.25. The lowest BCUT2D eigenvalue weighted by molar-refractivity contribution is 0.340. The molecule has 0 amide bonds. The lowest BCUT2D eigenvalue weighted by atomic mass is 10.1. The van der Waals surface area contributed by atoms with Crippen LogP contribution in [-0.2, 0) is 6.42 Å². The van der Waals surface area contributed by atoms with Crippen LogP contribution in [-0.4, -0.2) is 24.5 Å². The van der Waals surface area contributed by atoms with Crippen molar-refractivity contribution < 1.29 is 9.47 Å². The van der Waals surface area contributed by atoms with E-state index < -0.39 is 0 Å². The molecule has 2 aromatic carbocycles. The maximum absolute atomic E-state index is 5.41. The lowest BCUT2D eigenvalue weighted by Gasteiger charge is -2.09. The van der Waals surface area contributed by atoms with Crippen LogP contribution in [0.1, 0.15) is 19.4 Å². The van der Waals surface area contributed by atoms with Gasteiger partial charge in [-0.25, -0.2) is 0 Å². The van der Waals surface area contributed by atoms with Gasteiger partial charge in [-0.2, -0.15) is 5.10 Å². The molecule has 0 heterocycles. The first-order valence-electron chi connectivity index (χ1n) is 8.06. The number of hydrazone groups is 1. The summed E-state index contributed by atoms with van der Waals surface area (Å²) in [6, 6.07) is 15.5. The highest BCUT2D eigenvalue weighted by atomic mass is 32.1. The van der Waals surface area contributed by atoms with Gasteiger partial charge in [-0.15, -0.1) is 0 Å². The van der Waals surface area contributed by atoms with Crippen molar-refractivity contribution in [1.29, 1.82) is 0 Å². The van der Waals surface area contributed by atoms with Gasteiger partial charge in [0, 0.05) is 17.8 Å². The van der Waals surface area contributed by atoms with Gasteiger partial charge in [0.05, 0.1) is 13.7 Å². The second-order valence-electron chi connectivity index (χ2n) is 5.40. The number of hydrogen-bond donors (Lipinski definition) is 2. The van der Waals surface area contributed by atoms with Gasteiger partial charge in [0.25, 0.3) is 0 Å². The Balaban J connectivity index is 1.83. The largest absolute Gasteiger partial charge is 0.497 e. The van der Waals surface area contributed by atoms with Crippen molar-refractivity contribution in [3.05, 3.63) is 54.1 Å². The van der Waals surface area contributed by atoms with Crippen LogP contribution in [0.3, 0.4) is 0 Å². The Hall–Kier alpha value is -2.60. The number of anilines is 1. The second kappa shape index (κ2) is 9.64. The monoisotopic (exact) mass is 357 g/mol. The zero-order valence-corrected chi connectivity index (χ0v) is 15.5. The van der Waals surface area contributed by atoms with E-state index in [0.717, 1.165) is 34.9 Å². The van der Waals surface area contributed by atoms with Crippen molar-refractivity contribution in [2.24, 2.45) is 5.10 Å². The van der Waals surface area contributed by atoms with E-state index in [1.165, 1.54) is 0 Å². The van der Waals surface area contributed by atoms with Gasteiger partial charge < -0.3 is 14.8 Å². The van der Waals surface area contributed by atoms with Crippen LogP contribution < -0.4 is 20.2 Å². The molecular formula is C19H23N3O2S. The molecule has 0 aromatic heterocycles. The molecule has 0 spiro atoms. The molecule has 0 atom stereocenters. The first kappa shape index (κ1) is 18.7. The van der Waals surface area contributed by atoms with E-state index in [4.69, 9.17) is 21.7 Å². The third kappa shape index (κ3) is 6.43. The highest BCUT2D eigenvalue weighted by molar-refractivity contribution is 7.80. The minimum Gasteiger partial charge on any atom is -0.497 e. The number of thiocarbonyl (C=S) groups is 1. The van der Waals surface area contributed by atoms with Crippen LogP contribution in [0.25, 0.3) is 0 Å². The molecular weight excluding hydrogens is 334 g/mol. The fourth-order valence-corrected chi connectivity index (χ4v) is 2.35. The van der Waals surface area contributed by atoms with Gasteiger partial charge in [-0.1, -0.05) is 12.1 Å². The van der Waals surface area contributed by atoms with Crippen LogP contribution >= 0.6 is 12.2 Å². The van der Waals surface area contributed by atoms with Crippen LogP contribution in [0.2, 0.25) is 0 Å². The van der Waals surface area contributed by atoms with Crippen molar-refractivity contribution in [1.82, 2.24) is 5.43 Å². The maximum atomic E-state index is 5.41. The summed E-state index contributed by atoms with van der Waals surface area (Å²) in [4.78, 5) is 0. The van der Waals surface area contributed by atoms with E-state index in [1.807, 2.05) is 62.4 Å². The molecule has 0 aliphatic heterocycles. The first-order valence-corrected chi connectivity index (χ1v) is 8.47. The molecule has 2 rings (SSSR count). The summed E-state index contributed by atoms with van der Waals surface area (Å²) in [6.45, 7) is 4.56. The molecule has 0 aliphatic carbocycles. The molecule has 6 heteroatoms. The normalized spacial score (nSPS) is 10.9. The molecule has 0 radical (unpaired) electrons. The Labute approximate surface area is 154 Å². The molecule has 25 heavy (non-hydrogen) atoms. The van der Waals surface area contributed by atoms with E-state index in [0.29, 0.717) is 11.7 Å². The van der Waals surface area contributed by atoms with Gasteiger partial charge in [0.2, 0.25) is 0 Å². The van der Waals surface area contributed by atoms with Gasteiger partial charge in [-0.3, -0.25) is 5.43 Å². The number of rotatable bonds is 7. The van der Waals surface area contributed by atoms with E-state index >= 15 is 0 Å².